The molecule has 0 amide bonds. The third kappa shape index (κ3) is 1.68. The SMILES string of the molecule is CP1C(C)(C)CC(=O)C2CCCCC21C. The third-order valence-electron chi connectivity index (χ3n) is 4.85. The molecule has 1 nitrogen and oxygen atoms in total. The van der Waals surface area contributed by atoms with Crippen LogP contribution in [0.5, 0.6) is 0 Å². The molecule has 0 aromatic heterocycles. The van der Waals surface area contributed by atoms with E-state index in [-0.39, 0.29) is 13.1 Å². The molecular weight excluding hydrogens is 203 g/mol. The summed E-state index contributed by atoms with van der Waals surface area (Å²) in [6, 6.07) is 0. The predicted octanol–water partition coefficient (Wildman–Crippen LogP) is 3.80. The second-order valence-electron chi connectivity index (χ2n) is 6.17. The molecular formula is C13H23OP. The van der Waals surface area contributed by atoms with Crippen molar-refractivity contribution in [2.24, 2.45) is 5.92 Å². The van der Waals surface area contributed by atoms with Crippen LogP contribution in [-0.2, 0) is 4.79 Å². The van der Waals surface area contributed by atoms with Crippen molar-refractivity contribution in [3.05, 3.63) is 0 Å². The number of hydrogen-bond acceptors (Lipinski definition) is 1. The molecule has 3 unspecified atom stereocenters. The van der Waals surface area contributed by atoms with Crippen LogP contribution < -0.4 is 0 Å². The molecule has 86 valence electrons. The average Bonchev–Trinajstić information content (AvgIpc) is 2.14. The maximum atomic E-state index is 12.2. The van der Waals surface area contributed by atoms with Crippen molar-refractivity contribution in [1.29, 1.82) is 0 Å². The molecule has 1 aliphatic carbocycles. The Hall–Kier alpha value is 0.100. The molecule has 0 spiro atoms. The molecule has 1 heterocycles. The molecule has 2 rings (SSSR count). The zero-order valence-electron chi connectivity index (χ0n) is 10.5. The van der Waals surface area contributed by atoms with Gasteiger partial charge in [-0.05, 0) is 29.8 Å². The van der Waals surface area contributed by atoms with Crippen molar-refractivity contribution < 1.29 is 4.79 Å². The Morgan fingerprint density at radius 3 is 2.60 bits per heavy atom. The highest BCUT2D eigenvalue weighted by Crippen LogP contribution is 2.67. The lowest BCUT2D eigenvalue weighted by atomic mass is 9.74. The highest BCUT2D eigenvalue weighted by atomic mass is 31.1. The lowest BCUT2D eigenvalue weighted by Crippen LogP contribution is -2.50. The standard InChI is InChI=1S/C13H23OP/c1-12(2)9-11(14)10-7-5-6-8-13(10,3)15(12)4/h10H,5-9H2,1-4H3. The molecule has 0 radical (unpaired) electrons. The highest BCUT2D eigenvalue weighted by Gasteiger charge is 2.53. The number of fused-ring (bicyclic) bond motifs is 1. The zero-order chi connectivity index (χ0) is 11.3. The summed E-state index contributed by atoms with van der Waals surface area (Å²) < 4.78 is 0. The minimum atomic E-state index is -0.0218. The molecule has 0 aromatic carbocycles. The van der Waals surface area contributed by atoms with Gasteiger partial charge in [0.25, 0.3) is 0 Å². The smallest absolute Gasteiger partial charge is 0.137 e. The Morgan fingerprint density at radius 2 is 1.93 bits per heavy atom. The van der Waals surface area contributed by atoms with Gasteiger partial charge in [-0.1, -0.05) is 41.5 Å². The zero-order valence-corrected chi connectivity index (χ0v) is 11.4. The van der Waals surface area contributed by atoms with Crippen molar-refractivity contribution in [2.75, 3.05) is 6.66 Å². The molecule has 1 saturated heterocycles. The molecule has 2 aliphatic rings. The quantitative estimate of drug-likeness (QED) is 0.574. The second-order valence-corrected chi connectivity index (χ2v) is 9.52. The van der Waals surface area contributed by atoms with Crippen molar-refractivity contribution in [2.45, 2.75) is 63.2 Å². The van der Waals surface area contributed by atoms with Crippen molar-refractivity contribution in [3.8, 4) is 0 Å². The first-order valence-electron chi connectivity index (χ1n) is 6.14. The van der Waals surface area contributed by atoms with E-state index < -0.39 is 0 Å². The number of ketones is 1. The number of Topliss-reactive ketones (excluding diaryl/α,β-unsaturated/α-hetero) is 1. The summed E-state index contributed by atoms with van der Waals surface area (Å²) in [5.74, 6) is 0.957. The van der Waals surface area contributed by atoms with E-state index in [1.165, 1.54) is 19.3 Å². The number of hydrogen-bond donors (Lipinski definition) is 0. The normalized spacial score (nSPS) is 44.9. The van der Waals surface area contributed by atoms with Crippen LogP contribution in [0.4, 0.5) is 0 Å². The summed E-state index contributed by atoms with van der Waals surface area (Å²) in [6.45, 7) is 9.42. The third-order valence-corrected chi connectivity index (χ3v) is 8.89. The molecule has 15 heavy (non-hydrogen) atoms. The Balaban J connectivity index is 2.35. The number of rotatable bonds is 0. The molecule has 1 aliphatic heterocycles. The molecule has 2 heteroatoms. The van der Waals surface area contributed by atoms with E-state index in [1.807, 2.05) is 0 Å². The van der Waals surface area contributed by atoms with Gasteiger partial charge in [-0.2, -0.15) is 0 Å². The second kappa shape index (κ2) is 3.55. The monoisotopic (exact) mass is 226 g/mol. The van der Waals surface area contributed by atoms with Crippen LogP contribution in [0.3, 0.4) is 0 Å². The largest absolute Gasteiger partial charge is 0.299 e. The fraction of sp³-hybridized carbons (Fsp3) is 0.923. The van der Waals surface area contributed by atoms with E-state index >= 15 is 0 Å². The number of carbonyl (C=O) groups is 1. The van der Waals surface area contributed by atoms with Crippen molar-refractivity contribution >= 4 is 13.7 Å². The van der Waals surface area contributed by atoms with Gasteiger partial charge >= 0.3 is 0 Å². The van der Waals surface area contributed by atoms with Gasteiger partial charge in [0.15, 0.2) is 0 Å². The minimum absolute atomic E-state index is 0.0218. The summed E-state index contributed by atoms with van der Waals surface area (Å²) >= 11 is 0. The van der Waals surface area contributed by atoms with Gasteiger partial charge in [-0.3, -0.25) is 4.79 Å². The lowest BCUT2D eigenvalue weighted by Gasteiger charge is -2.55. The summed E-state index contributed by atoms with van der Waals surface area (Å²) in [5.41, 5.74) is 0. The van der Waals surface area contributed by atoms with Gasteiger partial charge in [0.2, 0.25) is 0 Å². The molecule has 0 N–H and O–H groups in total. The van der Waals surface area contributed by atoms with E-state index in [4.69, 9.17) is 0 Å². The van der Waals surface area contributed by atoms with E-state index in [9.17, 15) is 4.79 Å². The van der Waals surface area contributed by atoms with Crippen molar-refractivity contribution in [1.82, 2.24) is 0 Å². The predicted molar refractivity (Wildman–Crippen MR) is 66.9 cm³/mol. The van der Waals surface area contributed by atoms with E-state index in [0.29, 0.717) is 16.9 Å². The first kappa shape index (κ1) is 11.6. The van der Waals surface area contributed by atoms with Crippen LogP contribution in [0.1, 0.15) is 52.9 Å². The van der Waals surface area contributed by atoms with Crippen molar-refractivity contribution in [3.63, 3.8) is 0 Å². The maximum absolute atomic E-state index is 12.2. The maximum Gasteiger partial charge on any atom is 0.137 e. The Labute approximate surface area is 94.8 Å². The van der Waals surface area contributed by atoms with Gasteiger partial charge in [0.1, 0.15) is 5.78 Å². The van der Waals surface area contributed by atoms with Gasteiger partial charge in [0.05, 0.1) is 0 Å². The Bertz CT molecular complexity index is 284. The first-order chi connectivity index (χ1) is 6.88. The summed E-state index contributed by atoms with van der Waals surface area (Å²) in [7, 11) is -0.0218. The molecule has 2 fully saturated rings. The Morgan fingerprint density at radius 1 is 1.27 bits per heavy atom. The first-order valence-corrected chi connectivity index (χ1v) is 7.93. The van der Waals surface area contributed by atoms with Crippen LogP contribution in [-0.4, -0.2) is 22.8 Å². The average molecular weight is 226 g/mol. The molecule has 3 atom stereocenters. The van der Waals surface area contributed by atoms with Gasteiger partial charge in [0, 0.05) is 12.3 Å². The summed E-state index contributed by atoms with van der Waals surface area (Å²) in [6.07, 6.45) is 5.89. The van der Waals surface area contributed by atoms with E-state index in [2.05, 4.69) is 27.4 Å². The lowest BCUT2D eigenvalue weighted by molar-refractivity contribution is -0.125. The van der Waals surface area contributed by atoms with Gasteiger partial charge in [-0.25, -0.2) is 0 Å². The fourth-order valence-corrected chi connectivity index (χ4v) is 6.60. The number of carbonyl (C=O) groups excluding carboxylic acids is 1. The van der Waals surface area contributed by atoms with Crippen LogP contribution in [0.15, 0.2) is 0 Å². The summed E-state index contributed by atoms with van der Waals surface area (Å²) in [5, 5.41) is 0.626. The summed E-state index contributed by atoms with van der Waals surface area (Å²) in [4.78, 5) is 12.2. The Kier molecular flexibility index (Phi) is 2.74. The van der Waals surface area contributed by atoms with E-state index in [1.54, 1.807) is 0 Å². The van der Waals surface area contributed by atoms with Gasteiger partial charge < -0.3 is 0 Å². The van der Waals surface area contributed by atoms with E-state index in [0.717, 1.165) is 12.8 Å². The van der Waals surface area contributed by atoms with Crippen LogP contribution >= 0.6 is 7.92 Å². The molecule has 1 saturated carbocycles. The van der Waals surface area contributed by atoms with Gasteiger partial charge in [-0.15, -0.1) is 0 Å². The molecule has 0 aromatic rings. The highest BCUT2D eigenvalue weighted by molar-refractivity contribution is 7.60. The van der Waals surface area contributed by atoms with Crippen LogP contribution in [0.25, 0.3) is 0 Å². The fourth-order valence-electron chi connectivity index (χ4n) is 3.59. The van der Waals surface area contributed by atoms with Crippen LogP contribution in [0, 0.1) is 5.92 Å². The van der Waals surface area contributed by atoms with Crippen LogP contribution in [0.2, 0.25) is 0 Å². The topological polar surface area (TPSA) is 17.1 Å². The molecule has 0 bridgehead atoms. The minimum Gasteiger partial charge on any atom is -0.299 e.